The molecule has 2 atom stereocenters. The summed E-state index contributed by atoms with van der Waals surface area (Å²) in [6.45, 7) is 1.63. The van der Waals surface area contributed by atoms with Crippen molar-refractivity contribution in [1.29, 1.82) is 0 Å². The maximum atomic E-state index is 13.6. The number of unbranched alkanes of at least 4 members (excludes halogenated alkanes) is 1. The second kappa shape index (κ2) is 12.8. The van der Waals surface area contributed by atoms with Gasteiger partial charge in [0, 0.05) is 36.6 Å². The molecule has 0 unspecified atom stereocenters. The average molecular weight is 561 g/mol. The molecule has 1 fully saturated rings. The summed E-state index contributed by atoms with van der Waals surface area (Å²) >= 11 is 0. The number of piperidine rings is 1. The lowest BCUT2D eigenvalue weighted by Crippen LogP contribution is -2.50. The van der Waals surface area contributed by atoms with Gasteiger partial charge in [0.05, 0.1) is 7.11 Å². The molecule has 0 bridgehead atoms. The predicted molar refractivity (Wildman–Crippen MR) is 156 cm³/mol. The fourth-order valence-electron chi connectivity index (χ4n) is 6.43. The van der Waals surface area contributed by atoms with Crippen LogP contribution in [0.25, 0.3) is 10.9 Å². The number of nitrogens with zero attached hydrogens (tertiary/aromatic N) is 1. The summed E-state index contributed by atoms with van der Waals surface area (Å²) in [5.41, 5.74) is 10.3. The highest BCUT2D eigenvalue weighted by atomic mass is 16.6. The molecule has 2 aromatic carbocycles. The lowest BCUT2D eigenvalue weighted by Gasteiger charge is -2.40. The third kappa shape index (κ3) is 6.25. The highest BCUT2D eigenvalue weighted by molar-refractivity contribution is 5.90. The number of amides is 2. The predicted octanol–water partition coefficient (Wildman–Crippen LogP) is 3.98. The van der Waals surface area contributed by atoms with E-state index in [0.717, 1.165) is 48.6 Å². The summed E-state index contributed by atoms with van der Waals surface area (Å²) in [5, 5.41) is 3.74. The first-order chi connectivity index (χ1) is 19.9. The Morgan fingerprint density at radius 3 is 2.59 bits per heavy atom. The second-order valence-electron chi connectivity index (χ2n) is 11.2. The Labute approximate surface area is 240 Å². The van der Waals surface area contributed by atoms with Crippen LogP contribution in [0.15, 0.2) is 54.7 Å². The van der Waals surface area contributed by atoms with Gasteiger partial charge >= 0.3 is 12.1 Å². The number of fused-ring (bicyclic) bond motifs is 3. The zero-order chi connectivity index (χ0) is 28.8. The van der Waals surface area contributed by atoms with Crippen LogP contribution >= 0.6 is 0 Å². The number of nitrogens with two attached hydrogens (primary N) is 1. The molecule has 2 amide bonds. The van der Waals surface area contributed by atoms with Crippen LogP contribution in [0, 0.1) is 0 Å². The van der Waals surface area contributed by atoms with Crippen molar-refractivity contribution in [3.8, 4) is 0 Å². The van der Waals surface area contributed by atoms with Gasteiger partial charge in [-0.15, -0.1) is 0 Å². The van der Waals surface area contributed by atoms with E-state index in [-0.39, 0.29) is 11.8 Å². The molecule has 9 nitrogen and oxygen atoms in total. The average Bonchev–Trinajstić information content (AvgIpc) is 3.57. The van der Waals surface area contributed by atoms with E-state index in [2.05, 4.69) is 34.6 Å². The first-order valence-electron chi connectivity index (χ1n) is 14.6. The molecule has 1 saturated heterocycles. The Hall–Kier alpha value is -3.85. The third-order valence-corrected chi connectivity index (χ3v) is 8.81. The van der Waals surface area contributed by atoms with Gasteiger partial charge in [0.25, 0.3) is 5.91 Å². The van der Waals surface area contributed by atoms with Crippen LogP contribution in [0.2, 0.25) is 0 Å². The highest BCUT2D eigenvalue weighted by Crippen LogP contribution is 2.46. The molecule has 3 aromatic rings. The zero-order valence-corrected chi connectivity index (χ0v) is 23.7. The normalized spacial score (nSPS) is 17.2. The summed E-state index contributed by atoms with van der Waals surface area (Å²) < 4.78 is 10.9. The fraction of sp³-hybridized carbons (Fsp3) is 0.469. The van der Waals surface area contributed by atoms with E-state index >= 15 is 0 Å². The second-order valence-corrected chi connectivity index (χ2v) is 11.2. The van der Waals surface area contributed by atoms with Gasteiger partial charge < -0.3 is 30.4 Å². The zero-order valence-electron chi connectivity index (χ0n) is 23.7. The minimum Gasteiger partial charge on any atom is -0.467 e. The lowest BCUT2D eigenvalue weighted by molar-refractivity contribution is -0.146. The number of carbonyl (C=O) groups is 3. The lowest BCUT2D eigenvalue weighted by atomic mass is 9.74. The number of likely N-dealkylation sites (tertiary alicyclic amines) is 1. The number of methoxy groups -OCH3 is 1. The molecular formula is C32H40N4O5. The molecule has 4 N–H and O–H groups in total. The van der Waals surface area contributed by atoms with E-state index in [1.54, 1.807) is 4.90 Å². The van der Waals surface area contributed by atoms with Crippen LogP contribution in [-0.4, -0.2) is 66.7 Å². The van der Waals surface area contributed by atoms with Crippen LogP contribution in [0.1, 0.15) is 55.2 Å². The van der Waals surface area contributed by atoms with Crippen molar-refractivity contribution in [2.75, 3.05) is 26.7 Å². The minimum absolute atomic E-state index is 0.103. The summed E-state index contributed by atoms with van der Waals surface area (Å²) in [5.74, 6) is -1.06. The summed E-state index contributed by atoms with van der Waals surface area (Å²) in [4.78, 5) is 44.4. The number of aromatic nitrogens is 1. The fourth-order valence-corrected chi connectivity index (χ4v) is 6.43. The molecule has 218 valence electrons. The van der Waals surface area contributed by atoms with Gasteiger partial charge in [-0.25, -0.2) is 9.59 Å². The molecule has 1 aliphatic heterocycles. The Kier molecular flexibility index (Phi) is 8.93. The van der Waals surface area contributed by atoms with E-state index in [4.69, 9.17) is 15.2 Å². The molecular weight excluding hydrogens is 520 g/mol. The number of esters is 1. The monoisotopic (exact) mass is 560 g/mol. The summed E-state index contributed by atoms with van der Waals surface area (Å²) in [6, 6.07) is 15.5. The van der Waals surface area contributed by atoms with Crippen LogP contribution in [0.3, 0.4) is 0 Å². The smallest absolute Gasteiger partial charge is 0.410 e. The molecule has 0 radical (unpaired) electrons. The summed E-state index contributed by atoms with van der Waals surface area (Å²) in [7, 11) is 1.29. The van der Waals surface area contributed by atoms with E-state index in [1.807, 2.05) is 30.5 Å². The molecule has 5 rings (SSSR count). The third-order valence-electron chi connectivity index (χ3n) is 8.81. The molecule has 41 heavy (non-hydrogen) atoms. The molecule has 0 saturated carbocycles. The maximum absolute atomic E-state index is 13.6. The number of aryl methyl sites for hydroxylation is 1. The molecule has 2 aliphatic rings. The Morgan fingerprint density at radius 1 is 1.05 bits per heavy atom. The first-order valence-corrected chi connectivity index (χ1v) is 14.6. The molecule has 1 spiro atoms. The minimum atomic E-state index is -1.12. The summed E-state index contributed by atoms with van der Waals surface area (Å²) in [6.07, 6.45) is 6.03. The van der Waals surface area contributed by atoms with Crippen molar-refractivity contribution in [3.63, 3.8) is 0 Å². The van der Waals surface area contributed by atoms with Crippen molar-refractivity contribution in [3.05, 3.63) is 71.4 Å². The van der Waals surface area contributed by atoms with E-state index in [0.29, 0.717) is 32.5 Å². The molecule has 9 heteroatoms. The van der Waals surface area contributed by atoms with Crippen molar-refractivity contribution < 1.29 is 23.9 Å². The molecule has 2 heterocycles. The van der Waals surface area contributed by atoms with Gasteiger partial charge in [-0.05, 0) is 79.7 Å². The Bertz CT molecular complexity index is 1380. The highest BCUT2D eigenvalue weighted by Gasteiger charge is 2.42. The van der Waals surface area contributed by atoms with E-state index in [9.17, 15) is 14.4 Å². The topological polar surface area (TPSA) is 127 Å². The number of H-pyrrole nitrogens is 1. The van der Waals surface area contributed by atoms with Gasteiger partial charge in [0.15, 0.2) is 6.10 Å². The number of carbonyl (C=O) groups excluding carboxylic acids is 3. The van der Waals surface area contributed by atoms with Crippen LogP contribution in [-0.2, 0) is 37.3 Å². The number of para-hydroxylation sites is 1. The SMILES string of the molecule is COC(=O)[C@@H](CCCCN)NC(=O)[C@@H](Cc1c[nH]c2ccccc12)OC(=O)N1CCC2(CCc3ccccc32)CC1. The van der Waals surface area contributed by atoms with E-state index < -0.39 is 30.1 Å². The van der Waals surface area contributed by atoms with Crippen LogP contribution in [0.5, 0.6) is 0 Å². The van der Waals surface area contributed by atoms with Crippen molar-refractivity contribution >= 4 is 28.9 Å². The first kappa shape index (κ1) is 28.7. The molecule has 1 aliphatic carbocycles. The number of ether oxygens (including phenoxy) is 2. The number of rotatable bonds is 10. The number of hydrogen-bond acceptors (Lipinski definition) is 6. The van der Waals surface area contributed by atoms with Gasteiger partial charge in [-0.2, -0.15) is 0 Å². The van der Waals surface area contributed by atoms with Crippen molar-refractivity contribution in [2.45, 2.75) is 68.9 Å². The number of benzene rings is 2. The number of nitrogens with one attached hydrogen (secondary N) is 2. The standard InChI is InChI=1S/C32H40N4O5/c1-40-30(38)27(12-6-7-17-33)35-29(37)28(20-23-21-34-26-11-5-3-9-24(23)26)41-31(39)36-18-15-32(16-19-36)14-13-22-8-2-4-10-25(22)32/h2-5,8-11,21,27-28,34H,6-7,12-20,33H2,1H3,(H,35,37)/t27-,28-/m1/s1. The van der Waals surface area contributed by atoms with E-state index in [1.165, 1.54) is 18.2 Å². The van der Waals surface area contributed by atoms with Gasteiger partial charge in [0.2, 0.25) is 0 Å². The van der Waals surface area contributed by atoms with Gasteiger partial charge in [0.1, 0.15) is 6.04 Å². The quantitative estimate of drug-likeness (QED) is 0.254. The van der Waals surface area contributed by atoms with Gasteiger partial charge in [-0.3, -0.25) is 4.79 Å². The Morgan fingerprint density at radius 2 is 1.80 bits per heavy atom. The van der Waals surface area contributed by atoms with Crippen molar-refractivity contribution in [2.24, 2.45) is 5.73 Å². The number of aromatic amines is 1. The number of hydrogen-bond donors (Lipinski definition) is 3. The van der Waals surface area contributed by atoms with Crippen LogP contribution in [0.4, 0.5) is 4.79 Å². The van der Waals surface area contributed by atoms with Crippen molar-refractivity contribution in [1.82, 2.24) is 15.2 Å². The largest absolute Gasteiger partial charge is 0.467 e. The van der Waals surface area contributed by atoms with Gasteiger partial charge in [-0.1, -0.05) is 42.5 Å². The van der Waals surface area contributed by atoms with Crippen LogP contribution < -0.4 is 11.1 Å². The Balaban J connectivity index is 1.30. The molecule has 1 aromatic heterocycles. The maximum Gasteiger partial charge on any atom is 0.410 e.